The lowest BCUT2D eigenvalue weighted by molar-refractivity contribution is 0.491. The van der Waals surface area contributed by atoms with Crippen molar-refractivity contribution in [2.24, 2.45) is 4.99 Å². The third-order valence-corrected chi connectivity index (χ3v) is 6.48. The van der Waals surface area contributed by atoms with Crippen LogP contribution in [0.5, 0.6) is 0 Å². The molecule has 1 aromatic heterocycles. The first-order valence-electron chi connectivity index (χ1n) is 9.66. The summed E-state index contributed by atoms with van der Waals surface area (Å²) in [6.07, 6.45) is 0.801. The highest BCUT2D eigenvalue weighted by molar-refractivity contribution is 7.89. The van der Waals surface area contributed by atoms with Crippen LogP contribution in [-0.4, -0.2) is 38.0 Å². The molecule has 1 aromatic carbocycles. The molecule has 0 fully saturated rings. The van der Waals surface area contributed by atoms with Gasteiger partial charge >= 0.3 is 0 Å². The van der Waals surface area contributed by atoms with E-state index >= 15 is 0 Å². The van der Waals surface area contributed by atoms with Crippen molar-refractivity contribution in [1.29, 1.82) is 0 Å². The highest BCUT2D eigenvalue weighted by atomic mass is 32.2. The molecular formula is C20H31N5O2S2. The number of rotatable bonds is 8. The van der Waals surface area contributed by atoms with E-state index in [4.69, 9.17) is 0 Å². The Morgan fingerprint density at radius 1 is 1.21 bits per heavy atom. The van der Waals surface area contributed by atoms with Gasteiger partial charge in [0.1, 0.15) is 0 Å². The maximum absolute atomic E-state index is 12.8. The molecule has 0 amide bonds. The van der Waals surface area contributed by atoms with Crippen molar-refractivity contribution in [1.82, 2.24) is 20.3 Å². The number of nitrogens with zero attached hydrogens (tertiary/aromatic N) is 2. The van der Waals surface area contributed by atoms with Gasteiger partial charge in [0.05, 0.1) is 22.1 Å². The average molecular weight is 438 g/mol. The molecule has 0 aliphatic heterocycles. The maximum Gasteiger partial charge on any atom is 0.241 e. The molecule has 2 rings (SSSR count). The fraction of sp³-hybridized carbons (Fsp3) is 0.500. The molecule has 0 atom stereocenters. The van der Waals surface area contributed by atoms with Gasteiger partial charge in [0.25, 0.3) is 0 Å². The summed E-state index contributed by atoms with van der Waals surface area (Å²) in [6, 6.07) is 6.96. The SMILES string of the molecule is CCNC(=NCc1ccccc1S(=O)(=O)NC(C)(C)C)NCCc1csc(C)n1. The molecule has 7 nitrogen and oxygen atoms in total. The van der Waals surface area contributed by atoms with Crippen molar-refractivity contribution < 1.29 is 8.42 Å². The topological polar surface area (TPSA) is 95.5 Å². The fourth-order valence-electron chi connectivity index (χ4n) is 2.69. The van der Waals surface area contributed by atoms with E-state index in [1.54, 1.807) is 29.5 Å². The van der Waals surface area contributed by atoms with Crippen LogP contribution in [0.2, 0.25) is 0 Å². The summed E-state index contributed by atoms with van der Waals surface area (Å²) in [4.78, 5) is 9.29. The predicted molar refractivity (Wildman–Crippen MR) is 120 cm³/mol. The molecule has 0 aliphatic rings. The first kappa shape index (κ1) is 23.3. The van der Waals surface area contributed by atoms with Crippen molar-refractivity contribution in [2.45, 2.75) is 58.0 Å². The third-order valence-electron chi connectivity index (χ3n) is 3.79. The lowest BCUT2D eigenvalue weighted by Gasteiger charge is -2.21. The quantitative estimate of drug-likeness (QED) is 0.436. The van der Waals surface area contributed by atoms with E-state index in [0.29, 0.717) is 24.6 Å². The van der Waals surface area contributed by atoms with Gasteiger partial charge in [-0.3, -0.25) is 0 Å². The van der Waals surface area contributed by atoms with Crippen LogP contribution in [0.3, 0.4) is 0 Å². The van der Waals surface area contributed by atoms with Crippen LogP contribution in [-0.2, 0) is 23.0 Å². The van der Waals surface area contributed by atoms with Gasteiger partial charge < -0.3 is 10.6 Å². The summed E-state index contributed by atoms with van der Waals surface area (Å²) in [5.74, 6) is 0.649. The molecule has 0 aliphatic carbocycles. The van der Waals surface area contributed by atoms with Crippen LogP contribution >= 0.6 is 11.3 Å². The second-order valence-corrected chi connectivity index (χ2v) is 10.4. The number of nitrogens with one attached hydrogen (secondary N) is 3. The van der Waals surface area contributed by atoms with Crippen LogP contribution in [0.4, 0.5) is 0 Å². The van der Waals surface area contributed by atoms with E-state index in [2.05, 4.69) is 30.7 Å². The second-order valence-electron chi connectivity index (χ2n) is 7.69. The number of benzene rings is 1. The average Bonchev–Trinajstić information content (AvgIpc) is 3.03. The normalized spacial score (nSPS) is 12.8. The number of hydrogen-bond acceptors (Lipinski definition) is 5. The highest BCUT2D eigenvalue weighted by Gasteiger charge is 2.24. The molecule has 2 aromatic rings. The Balaban J connectivity index is 2.10. The standard InChI is InChI=1S/C20H31N5O2S2/c1-6-21-19(22-12-11-17-14-28-15(2)24-17)23-13-16-9-7-8-10-18(16)29(26,27)25-20(3,4)5/h7-10,14,25H,6,11-13H2,1-5H3,(H2,21,22,23). The van der Waals surface area contributed by atoms with Gasteiger partial charge in [-0.15, -0.1) is 11.3 Å². The van der Waals surface area contributed by atoms with E-state index < -0.39 is 15.6 Å². The Bertz CT molecular complexity index is 930. The number of aryl methyl sites for hydroxylation is 1. The van der Waals surface area contributed by atoms with Crippen LogP contribution in [0.15, 0.2) is 39.5 Å². The van der Waals surface area contributed by atoms with E-state index in [1.165, 1.54) is 0 Å². The first-order valence-corrected chi connectivity index (χ1v) is 12.0. The highest BCUT2D eigenvalue weighted by Crippen LogP contribution is 2.18. The summed E-state index contributed by atoms with van der Waals surface area (Å²) in [7, 11) is -3.63. The third kappa shape index (κ3) is 7.75. The van der Waals surface area contributed by atoms with Gasteiger partial charge in [-0.2, -0.15) is 0 Å². The summed E-state index contributed by atoms with van der Waals surface area (Å²) in [5, 5.41) is 9.60. The number of hydrogen-bond donors (Lipinski definition) is 3. The lowest BCUT2D eigenvalue weighted by Crippen LogP contribution is -2.41. The zero-order chi connectivity index (χ0) is 21.5. The van der Waals surface area contributed by atoms with Crippen LogP contribution < -0.4 is 15.4 Å². The van der Waals surface area contributed by atoms with Crippen LogP contribution in [0.1, 0.15) is 44.0 Å². The number of aromatic nitrogens is 1. The molecule has 9 heteroatoms. The summed E-state index contributed by atoms with van der Waals surface area (Å²) in [6.45, 7) is 11.1. The minimum atomic E-state index is -3.63. The molecule has 0 unspecified atom stereocenters. The molecule has 160 valence electrons. The van der Waals surface area contributed by atoms with Gasteiger partial charge in [0, 0.05) is 30.4 Å². The molecule has 0 spiro atoms. The van der Waals surface area contributed by atoms with E-state index in [-0.39, 0.29) is 11.4 Å². The molecular weight excluding hydrogens is 406 g/mol. The summed E-state index contributed by atoms with van der Waals surface area (Å²) < 4.78 is 28.3. The van der Waals surface area contributed by atoms with Crippen molar-refractivity contribution in [3.8, 4) is 0 Å². The summed E-state index contributed by atoms with van der Waals surface area (Å²) in [5.41, 5.74) is 1.15. The second kappa shape index (κ2) is 10.2. The fourth-order valence-corrected chi connectivity index (χ4v) is 4.99. The van der Waals surface area contributed by atoms with Gasteiger partial charge in [0.15, 0.2) is 5.96 Å². The van der Waals surface area contributed by atoms with Gasteiger partial charge in [-0.25, -0.2) is 23.1 Å². The Kier molecular flexibility index (Phi) is 8.18. The molecule has 3 N–H and O–H groups in total. The van der Waals surface area contributed by atoms with Crippen molar-refractivity contribution in [2.75, 3.05) is 13.1 Å². The maximum atomic E-state index is 12.8. The zero-order valence-electron chi connectivity index (χ0n) is 17.7. The molecule has 1 heterocycles. The molecule has 0 saturated heterocycles. The summed E-state index contributed by atoms with van der Waals surface area (Å²) >= 11 is 1.64. The predicted octanol–water partition coefficient (Wildman–Crippen LogP) is 2.83. The number of sulfonamides is 1. The number of aliphatic imine (C=N–C) groups is 1. The van der Waals surface area contributed by atoms with Crippen LogP contribution in [0, 0.1) is 6.92 Å². The van der Waals surface area contributed by atoms with Gasteiger partial charge in [-0.05, 0) is 46.2 Å². The van der Waals surface area contributed by atoms with Crippen molar-refractivity contribution in [3.63, 3.8) is 0 Å². The number of guanidine groups is 1. The van der Waals surface area contributed by atoms with E-state index in [1.807, 2.05) is 40.7 Å². The van der Waals surface area contributed by atoms with Gasteiger partial charge in [-0.1, -0.05) is 18.2 Å². The minimum absolute atomic E-state index is 0.256. The van der Waals surface area contributed by atoms with Gasteiger partial charge in [0.2, 0.25) is 10.0 Å². The van der Waals surface area contributed by atoms with Crippen molar-refractivity contribution >= 4 is 27.3 Å². The smallest absolute Gasteiger partial charge is 0.241 e. The first-order chi connectivity index (χ1) is 13.6. The largest absolute Gasteiger partial charge is 0.357 e. The Morgan fingerprint density at radius 3 is 2.55 bits per heavy atom. The van der Waals surface area contributed by atoms with E-state index in [0.717, 1.165) is 17.1 Å². The molecule has 0 bridgehead atoms. The molecule has 0 saturated carbocycles. The molecule has 0 radical (unpaired) electrons. The van der Waals surface area contributed by atoms with Crippen LogP contribution in [0.25, 0.3) is 0 Å². The Morgan fingerprint density at radius 2 is 1.93 bits per heavy atom. The zero-order valence-corrected chi connectivity index (χ0v) is 19.4. The Hall–Kier alpha value is -1.97. The Labute approximate surface area is 178 Å². The lowest BCUT2D eigenvalue weighted by atomic mass is 10.1. The monoisotopic (exact) mass is 437 g/mol. The van der Waals surface area contributed by atoms with Crippen molar-refractivity contribution in [3.05, 3.63) is 45.9 Å². The molecule has 29 heavy (non-hydrogen) atoms. The number of thiazole rings is 1. The van der Waals surface area contributed by atoms with E-state index in [9.17, 15) is 8.42 Å². The minimum Gasteiger partial charge on any atom is -0.357 e.